The highest BCUT2D eigenvalue weighted by atomic mass is 35.5. The number of carbonyl (C=O) groups is 2. The van der Waals surface area contributed by atoms with Crippen LogP contribution < -0.4 is 10.2 Å². The van der Waals surface area contributed by atoms with Gasteiger partial charge in [0.25, 0.3) is 11.6 Å². The predicted octanol–water partition coefficient (Wildman–Crippen LogP) is 3.35. The number of nitrogens with zero attached hydrogens (tertiary/aromatic N) is 3. The zero-order chi connectivity index (χ0) is 22.5. The van der Waals surface area contributed by atoms with Gasteiger partial charge < -0.3 is 15.1 Å². The molecule has 0 spiro atoms. The highest BCUT2D eigenvalue weighted by Gasteiger charge is 2.32. The molecule has 0 aliphatic carbocycles. The second-order valence-corrected chi connectivity index (χ2v) is 8.14. The third-order valence-electron chi connectivity index (χ3n) is 5.35. The van der Waals surface area contributed by atoms with Crippen LogP contribution in [0.5, 0.6) is 0 Å². The van der Waals surface area contributed by atoms with Crippen LogP contribution in [0, 0.1) is 16.0 Å². The molecule has 1 aliphatic heterocycles. The Morgan fingerprint density at radius 1 is 1.03 bits per heavy atom. The van der Waals surface area contributed by atoms with Gasteiger partial charge in [0.1, 0.15) is 11.7 Å². The van der Waals surface area contributed by atoms with Gasteiger partial charge in [-0.3, -0.25) is 19.7 Å². The fourth-order valence-electron chi connectivity index (χ4n) is 3.63. The number of nitro groups is 1. The van der Waals surface area contributed by atoms with Crippen LogP contribution in [-0.2, 0) is 4.79 Å². The minimum Gasteiger partial charge on any atom is -0.362 e. The quantitative estimate of drug-likeness (QED) is 0.544. The zero-order valence-corrected chi connectivity index (χ0v) is 18.2. The summed E-state index contributed by atoms with van der Waals surface area (Å²) in [5.74, 6) is -0.680. The summed E-state index contributed by atoms with van der Waals surface area (Å²) in [5, 5.41) is 14.5. The van der Waals surface area contributed by atoms with E-state index in [0.29, 0.717) is 42.5 Å². The molecule has 0 radical (unpaired) electrons. The Morgan fingerprint density at radius 3 is 2.26 bits per heavy atom. The third kappa shape index (κ3) is 5.14. The van der Waals surface area contributed by atoms with Gasteiger partial charge in [0, 0.05) is 32.2 Å². The number of rotatable bonds is 6. The van der Waals surface area contributed by atoms with Crippen molar-refractivity contribution in [2.24, 2.45) is 5.92 Å². The normalized spacial score (nSPS) is 15.0. The maximum Gasteiger partial charge on any atom is 0.292 e. The molecule has 1 saturated heterocycles. The number of nitro benzene ring substituents is 1. The molecule has 1 unspecified atom stereocenters. The summed E-state index contributed by atoms with van der Waals surface area (Å²) in [7, 11) is 0. The number of hydrogen-bond donors (Lipinski definition) is 1. The van der Waals surface area contributed by atoms with Crippen molar-refractivity contribution in [1.82, 2.24) is 10.2 Å². The largest absolute Gasteiger partial charge is 0.362 e. The molecule has 2 aromatic rings. The summed E-state index contributed by atoms with van der Waals surface area (Å²) in [6, 6.07) is 12.6. The second kappa shape index (κ2) is 9.78. The van der Waals surface area contributed by atoms with E-state index >= 15 is 0 Å². The van der Waals surface area contributed by atoms with Crippen LogP contribution in [0.2, 0.25) is 5.02 Å². The van der Waals surface area contributed by atoms with Gasteiger partial charge in [-0.15, -0.1) is 0 Å². The molecule has 1 N–H and O–H groups in total. The zero-order valence-electron chi connectivity index (χ0n) is 17.5. The molecule has 31 heavy (non-hydrogen) atoms. The van der Waals surface area contributed by atoms with Gasteiger partial charge in [0.15, 0.2) is 0 Å². The van der Waals surface area contributed by atoms with Crippen molar-refractivity contribution in [2.75, 3.05) is 31.1 Å². The van der Waals surface area contributed by atoms with Gasteiger partial charge in [0.2, 0.25) is 5.91 Å². The molecular weight excluding hydrogens is 420 g/mol. The Balaban J connectivity index is 1.67. The van der Waals surface area contributed by atoms with Crippen LogP contribution in [0.3, 0.4) is 0 Å². The first-order valence-electron chi connectivity index (χ1n) is 10.1. The molecule has 1 atom stereocenters. The van der Waals surface area contributed by atoms with Crippen LogP contribution in [0.15, 0.2) is 48.5 Å². The first-order valence-corrected chi connectivity index (χ1v) is 10.5. The Kier molecular flexibility index (Phi) is 7.12. The Hall–Kier alpha value is -3.13. The van der Waals surface area contributed by atoms with E-state index in [-0.39, 0.29) is 17.5 Å². The number of anilines is 1. The molecule has 0 aromatic heterocycles. The van der Waals surface area contributed by atoms with Gasteiger partial charge >= 0.3 is 0 Å². The van der Waals surface area contributed by atoms with Gasteiger partial charge in [-0.25, -0.2) is 0 Å². The molecule has 0 bridgehead atoms. The van der Waals surface area contributed by atoms with Gasteiger partial charge in [-0.2, -0.15) is 0 Å². The average Bonchev–Trinajstić information content (AvgIpc) is 2.77. The summed E-state index contributed by atoms with van der Waals surface area (Å²) < 4.78 is 0. The van der Waals surface area contributed by atoms with Crippen LogP contribution >= 0.6 is 11.6 Å². The van der Waals surface area contributed by atoms with Crippen LogP contribution in [0.1, 0.15) is 24.2 Å². The first-order chi connectivity index (χ1) is 14.8. The van der Waals surface area contributed by atoms with Crippen LogP contribution in [0.4, 0.5) is 11.4 Å². The molecular formula is C22H25ClN4O4. The second-order valence-electron chi connectivity index (χ2n) is 7.73. The lowest BCUT2D eigenvalue weighted by Crippen LogP contribution is -2.56. The lowest BCUT2D eigenvalue weighted by molar-refractivity contribution is -0.384. The maximum absolute atomic E-state index is 13.2. The summed E-state index contributed by atoms with van der Waals surface area (Å²) in [5.41, 5.74) is 0.921. The van der Waals surface area contributed by atoms with Crippen LogP contribution in [-0.4, -0.2) is 53.9 Å². The van der Waals surface area contributed by atoms with Crippen molar-refractivity contribution in [2.45, 2.75) is 19.9 Å². The highest BCUT2D eigenvalue weighted by molar-refractivity contribution is 6.33. The molecule has 9 heteroatoms. The number of halogens is 1. The van der Waals surface area contributed by atoms with Crippen LogP contribution in [0.25, 0.3) is 0 Å². The summed E-state index contributed by atoms with van der Waals surface area (Å²) in [6.07, 6.45) is 0. The molecule has 0 saturated carbocycles. The summed E-state index contributed by atoms with van der Waals surface area (Å²) in [6.45, 7) is 5.52. The van der Waals surface area contributed by atoms with E-state index in [0.717, 1.165) is 0 Å². The van der Waals surface area contributed by atoms with Gasteiger partial charge in [0.05, 0.1) is 15.5 Å². The third-order valence-corrected chi connectivity index (χ3v) is 5.68. The van der Waals surface area contributed by atoms with Crippen molar-refractivity contribution in [3.63, 3.8) is 0 Å². The molecule has 164 valence electrons. The number of nitrogens with one attached hydrogen (secondary N) is 1. The molecule has 1 aliphatic rings. The molecule has 1 fully saturated rings. The fraction of sp³-hybridized carbons (Fsp3) is 0.364. The number of benzene rings is 2. The van der Waals surface area contributed by atoms with E-state index in [9.17, 15) is 19.7 Å². The van der Waals surface area contributed by atoms with Gasteiger partial charge in [-0.05, 0) is 24.1 Å². The van der Waals surface area contributed by atoms with Crippen molar-refractivity contribution < 1.29 is 14.5 Å². The van der Waals surface area contributed by atoms with Crippen molar-refractivity contribution >= 4 is 34.8 Å². The lowest BCUT2D eigenvalue weighted by Gasteiger charge is -2.38. The summed E-state index contributed by atoms with van der Waals surface area (Å²) in [4.78, 5) is 40.4. The molecule has 2 amide bonds. The van der Waals surface area contributed by atoms with Crippen molar-refractivity contribution in [3.05, 3.63) is 69.2 Å². The minimum atomic E-state index is -0.693. The Labute approximate surface area is 185 Å². The molecule has 1 heterocycles. The molecule has 2 aromatic carbocycles. The van der Waals surface area contributed by atoms with Crippen molar-refractivity contribution in [1.29, 1.82) is 0 Å². The van der Waals surface area contributed by atoms with Crippen molar-refractivity contribution in [3.8, 4) is 0 Å². The smallest absolute Gasteiger partial charge is 0.292 e. The highest BCUT2D eigenvalue weighted by Crippen LogP contribution is 2.28. The predicted molar refractivity (Wildman–Crippen MR) is 119 cm³/mol. The van der Waals surface area contributed by atoms with E-state index in [4.69, 9.17) is 11.6 Å². The molecule has 3 rings (SSSR count). The standard InChI is InChI=1S/C22H25ClN4O4/c1-15(2)20(24-21(28)16-7-3-4-8-17(16)23)22(29)26-13-11-25(12-14-26)18-9-5-6-10-19(18)27(30)31/h3-10,15,20H,11-14H2,1-2H3,(H,24,28). The van der Waals surface area contributed by atoms with Gasteiger partial charge in [-0.1, -0.05) is 49.7 Å². The number of hydrogen-bond acceptors (Lipinski definition) is 5. The fourth-order valence-corrected chi connectivity index (χ4v) is 3.85. The van der Waals surface area contributed by atoms with E-state index in [1.807, 2.05) is 18.7 Å². The minimum absolute atomic E-state index is 0.0503. The number of amides is 2. The SMILES string of the molecule is CC(C)C(NC(=O)c1ccccc1Cl)C(=O)N1CCN(c2ccccc2[N+](=O)[O-])CC1. The van der Waals surface area contributed by atoms with E-state index in [1.54, 1.807) is 47.4 Å². The maximum atomic E-state index is 13.2. The average molecular weight is 445 g/mol. The Morgan fingerprint density at radius 2 is 1.65 bits per heavy atom. The topological polar surface area (TPSA) is 95.8 Å². The number of para-hydroxylation sites is 2. The lowest BCUT2D eigenvalue weighted by atomic mass is 10.0. The number of carbonyl (C=O) groups excluding carboxylic acids is 2. The van der Waals surface area contributed by atoms with E-state index < -0.39 is 16.9 Å². The monoisotopic (exact) mass is 444 g/mol. The summed E-state index contributed by atoms with van der Waals surface area (Å²) >= 11 is 6.11. The van der Waals surface area contributed by atoms with E-state index in [1.165, 1.54) is 6.07 Å². The van der Waals surface area contributed by atoms with E-state index in [2.05, 4.69) is 5.32 Å². The number of piperazine rings is 1. The first kappa shape index (κ1) is 22.6. The Bertz CT molecular complexity index is 973. The molecule has 8 nitrogen and oxygen atoms in total.